The quantitative estimate of drug-likeness (QED) is 0.725. The molecule has 3 saturated heterocycles. The summed E-state index contributed by atoms with van der Waals surface area (Å²) in [7, 11) is 0. The lowest BCUT2D eigenvalue weighted by atomic mass is 9.99. The molecular formula is C14H21N3O4S. The van der Waals surface area contributed by atoms with E-state index in [-0.39, 0.29) is 30.6 Å². The van der Waals surface area contributed by atoms with Gasteiger partial charge in [-0.1, -0.05) is 0 Å². The van der Waals surface area contributed by atoms with Crippen molar-refractivity contribution >= 4 is 29.6 Å². The van der Waals surface area contributed by atoms with E-state index in [1.165, 1.54) is 0 Å². The highest BCUT2D eigenvalue weighted by molar-refractivity contribution is 7.99. The number of nitrogens with one attached hydrogen (secondary N) is 1. The number of carbonyl (C=O) groups is 3. The highest BCUT2D eigenvalue weighted by Gasteiger charge is 2.53. The number of urea groups is 1. The molecule has 3 atom stereocenters. The highest BCUT2D eigenvalue weighted by atomic mass is 32.2. The molecule has 0 saturated carbocycles. The van der Waals surface area contributed by atoms with Crippen LogP contribution in [0.25, 0.3) is 0 Å². The third kappa shape index (κ3) is 2.69. The molecule has 3 aliphatic heterocycles. The van der Waals surface area contributed by atoms with Gasteiger partial charge in [-0.3, -0.25) is 14.5 Å². The van der Waals surface area contributed by atoms with Gasteiger partial charge in [-0.05, 0) is 26.0 Å². The Hall–Kier alpha value is -1.28. The van der Waals surface area contributed by atoms with Crippen LogP contribution in [0.2, 0.25) is 0 Å². The number of ether oxygens (including phenoxy) is 1. The fraction of sp³-hybridized carbons (Fsp3) is 0.786. The van der Waals surface area contributed by atoms with Crippen LogP contribution in [0, 0.1) is 0 Å². The minimum Gasteiger partial charge on any atom is -0.372 e. The Morgan fingerprint density at radius 2 is 2.05 bits per heavy atom. The van der Waals surface area contributed by atoms with E-state index < -0.39 is 11.6 Å². The minimum absolute atomic E-state index is 0.0339. The second kappa shape index (κ2) is 5.73. The van der Waals surface area contributed by atoms with Crippen LogP contribution in [-0.2, 0) is 14.3 Å². The predicted octanol–water partition coefficient (Wildman–Crippen LogP) is 0.0497. The molecule has 22 heavy (non-hydrogen) atoms. The molecule has 0 unspecified atom stereocenters. The minimum atomic E-state index is -0.784. The van der Waals surface area contributed by atoms with Crippen LogP contribution >= 0.6 is 11.8 Å². The first-order chi connectivity index (χ1) is 10.4. The van der Waals surface area contributed by atoms with E-state index in [0.29, 0.717) is 25.3 Å². The standard InChI is InChI=1S/C14H21N3O4S/c1-9-5-16(6-10(2)21-9)11(18)7-17-12(19)14(15-13(17)20)3-4-22-8-14/h9-10H,3-8H2,1-2H3,(H,15,20)/t9-,10-,14+/m1/s1. The second-order valence-electron chi connectivity index (χ2n) is 6.26. The lowest BCUT2D eigenvalue weighted by molar-refractivity contribution is -0.146. The number of thioether (sulfide) groups is 1. The zero-order valence-electron chi connectivity index (χ0n) is 12.8. The van der Waals surface area contributed by atoms with Crippen LogP contribution in [0.4, 0.5) is 4.79 Å². The molecule has 8 heteroatoms. The maximum atomic E-state index is 12.5. The van der Waals surface area contributed by atoms with Crippen molar-refractivity contribution < 1.29 is 19.1 Å². The normalized spacial score (nSPS) is 35.4. The number of carbonyl (C=O) groups excluding carboxylic acids is 3. The maximum Gasteiger partial charge on any atom is 0.325 e. The Labute approximate surface area is 133 Å². The van der Waals surface area contributed by atoms with E-state index in [1.807, 2.05) is 13.8 Å². The van der Waals surface area contributed by atoms with Crippen molar-refractivity contribution in [2.24, 2.45) is 0 Å². The molecular weight excluding hydrogens is 306 g/mol. The number of hydrogen-bond donors (Lipinski definition) is 1. The molecule has 0 bridgehead atoms. The molecule has 3 heterocycles. The van der Waals surface area contributed by atoms with E-state index in [2.05, 4.69) is 5.32 Å². The fourth-order valence-electron chi connectivity index (χ4n) is 3.27. The van der Waals surface area contributed by atoms with Gasteiger partial charge in [0.15, 0.2) is 0 Å². The Kier molecular flexibility index (Phi) is 4.07. The van der Waals surface area contributed by atoms with Crippen molar-refractivity contribution in [3.63, 3.8) is 0 Å². The van der Waals surface area contributed by atoms with E-state index >= 15 is 0 Å². The molecule has 1 spiro atoms. The Balaban J connectivity index is 1.66. The topological polar surface area (TPSA) is 79.0 Å². The van der Waals surface area contributed by atoms with Gasteiger partial charge in [0, 0.05) is 18.8 Å². The number of amides is 4. The van der Waals surface area contributed by atoms with Gasteiger partial charge in [0.05, 0.1) is 12.2 Å². The van der Waals surface area contributed by atoms with Crippen LogP contribution in [0.5, 0.6) is 0 Å². The molecule has 0 aromatic heterocycles. The van der Waals surface area contributed by atoms with Gasteiger partial charge in [-0.2, -0.15) is 11.8 Å². The molecule has 122 valence electrons. The zero-order chi connectivity index (χ0) is 15.9. The summed E-state index contributed by atoms with van der Waals surface area (Å²) in [5, 5.41) is 2.78. The smallest absolute Gasteiger partial charge is 0.325 e. The molecule has 4 amide bonds. The third-order valence-corrected chi connectivity index (χ3v) is 5.52. The monoisotopic (exact) mass is 327 g/mol. The average Bonchev–Trinajstić information content (AvgIpc) is 2.99. The Bertz CT molecular complexity index is 496. The summed E-state index contributed by atoms with van der Waals surface area (Å²) in [5.74, 6) is 0.985. The van der Waals surface area contributed by atoms with Crippen LogP contribution in [-0.4, -0.2) is 76.5 Å². The largest absolute Gasteiger partial charge is 0.372 e. The van der Waals surface area contributed by atoms with Gasteiger partial charge in [-0.25, -0.2) is 4.79 Å². The van der Waals surface area contributed by atoms with Crippen LogP contribution in [0.3, 0.4) is 0 Å². The van der Waals surface area contributed by atoms with Crippen molar-refractivity contribution in [2.45, 2.75) is 38.0 Å². The summed E-state index contributed by atoms with van der Waals surface area (Å²) in [6.45, 7) is 4.63. The number of imide groups is 1. The number of morpholine rings is 1. The maximum absolute atomic E-state index is 12.5. The van der Waals surface area contributed by atoms with Gasteiger partial charge in [0.2, 0.25) is 5.91 Å². The number of rotatable bonds is 2. The molecule has 3 aliphatic rings. The summed E-state index contributed by atoms with van der Waals surface area (Å²) < 4.78 is 5.60. The first-order valence-electron chi connectivity index (χ1n) is 7.56. The molecule has 1 N–H and O–H groups in total. The molecule has 7 nitrogen and oxygen atoms in total. The van der Waals surface area contributed by atoms with Crippen molar-refractivity contribution in [3.8, 4) is 0 Å². The first-order valence-corrected chi connectivity index (χ1v) is 8.72. The second-order valence-corrected chi connectivity index (χ2v) is 7.37. The van der Waals surface area contributed by atoms with E-state index in [0.717, 1.165) is 10.7 Å². The number of nitrogens with zero attached hydrogens (tertiary/aromatic N) is 2. The molecule has 0 aromatic rings. The molecule has 3 fully saturated rings. The van der Waals surface area contributed by atoms with E-state index in [4.69, 9.17) is 4.74 Å². The fourth-order valence-corrected chi connectivity index (χ4v) is 4.59. The van der Waals surface area contributed by atoms with E-state index in [1.54, 1.807) is 16.7 Å². The van der Waals surface area contributed by atoms with Gasteiger partial charge in [0.25, 0.3) is 5.91 Å². The van der Waals surface area contributed by atoms with Crippen LogP contribution in [0.1, 0.15) is 20.3 Å². The lowest BCUT2D eigenvalue weighted by Gasteiger charge is -2.35. The summed E-state index contributed by atoms with van der Waals surface area (Å²) >= 11 is 1.65. The van der Waals surface area contributed by atoms with Crippen molar-refractivity contribution in [2.75, 3.05) is 31.1 Å². The Morgan fingerprint density at radius 3 is 2.64 bits per heavy atom. The zero-order valence-corrected chi connectivity index (χ0v) is 13.6. The third-order valence-electron chi connectivity index (χ3n) is 4.33. The molecule has 3 rings (SSSR count). The van der Waals surface area contributed by atoms with E-state index in [9.17, 15) is 14.4 Å². The SMILES string of the molecule is C[C@@H]1CN(C(=O)CN2C(=O)N[C@]3(CCSC3)C2=O)C[C@@H](C)O1. The van der Waals surface area contributed by atoms with Crippen molar-refractivity contribution in [3.05, 3.63) is 0 Å². The summed E-state index contributed by atoms with van der Waals surface area (Å²) in [4.78, 5) is 39.8. The summed E-state index contributed by atoms with van der Waals surface area (Å²) in [6, 6.07) is -0.449. The molecule has 0 radical (unpaired) electrons. The van der Waals surface area contributed by atoms with Gasteiger partial charge >= 0.3 is 6.03 Å². The summed E-state index contributed by atoms with van der Waals surface area (Å²) in [5.41, 5.74) is -0.784. The summed E-state index contributed by atoms with van der Waals surface area (Å²) in [6.07, 6.45) is 0.570. The predicted molar refractivity (Wildman–Crippen MR) is 81.5 cm³/mol. The van der Waals surface area contributed by atoms with Crippen LogP contribution < -0.4 is 5.32 Å². The van der Waals surface area contributed by atoms with Gasteiger partial charge in [-0.15, -0.1) is 0 Å². The first kappa shape index (κ1) is 15.6. The van der Waals surface area contributed by atoms with Crippen molar-refractivity contribution in [1.29, 1.82) is 0 Å². The average molecular weight is 327 g/mol. The van der Waals surface area contributed by atoms with Crippen LogP contribution in [0.15, 0.2) is 0 Å². The van der Waals surface area contributed by atoms with Crippen molar-refractivity contribution in [1.82, 2.24) is 15.1 Å². The Morgan fingerprint density at radius 1 is 1.36 bits per heavy atom. The number of hydrogen-bond acceptors (Lipinski definition) is 5. The lowest BCUT2D eigenvalue weighted by Crippen LogP contribution is -2.52. The molecule has 0 aromatic carbocycles. The van der Waals surface area contributed by atoms with Gasteiger partial charge < -0.3 is 15.0 Å². The van der Waals surface area contributed by atoms with Gasteiger partial charge in [0.1, 0.15) is 12.1 Å². The highest BCUT2D eigenvalue weighted by Crippen LogP contribution is 2.33. The molecule has 0 aliphatic carbocycles.